The van der Waals surface area contributed by atoms with Crippen LogP contribution in [0.5, 0.6) is 5.75 Å². The number of esters is 1. The van der Waals surface area contributed by atoms with Crippen molar-refractivity contribution < 1.29 is 28.7 Å². The maximum absolute atomic E-state index is 12.3. The number of hydrogen-bond acceptors (Lipinski definition) is 6. The molecular weight excluding hydrogens is 364 g/mol. The highest BCUT2D eigenvalue weighted by molar-refractivity contribution is 6.05. The van der Waals surface area contributed by atoms with E-state index in [0.29, 0.717) is 24.3 Å². The topological polar surface area (TPSA) is 102 Å². The summed E-state index contributed by atoms with van der Waals surface area (Å²) in [5.74, 6) is -1.56. The number of imide groups is 1. The van der Waals surface area contributed by atoms with Crippen LogP contribution in [0.2, 0.25) is 0 Å². The molecule has 3 amide bonds. The fourth-order valence-corrected chi connectivity index (χ4v) is 3.38. The first-order chi connectivity index (χ1) is 13.5. The summed E-state index contributed by atoms with van der Waals surface area (Å²) in [6, 6.07) is 6.71. The molecule has 0 unspecified atom stereocenters. The van der Waals surface area contributed by atoms with E-state index >= 15 is 0 Å². The van der Waals surface area contributed by atoms with Gasteiger partial charge in [-0.2, -0.15) is 0 Å². The van der Waals surface area contributed by atoms with E-state index in [1.54, 1.807) is 31.4 Å². The molecule has 0 spiro atoms. The van der Waals surface area contributed by atoms with Crippen molar-refractivity contribution >= 4 is 29.4 Å². The van der Waals surface area contributed by atoms with Gasteiger partial charge in [0.2, 0.25) is 11.8 Å². The average molecular weight is 386 g/mol. The minimum absolute atomic E-state index is 0.0242. The van der Waals surface area contributed by atoms with E-state index in [9.17, 15) is 19.2 Å². The zero-order valence-electron chi connectivity index (χ0n) is 15.6. The lowest BCUT2D eigenvalue weighted by molar-refractivity contribution is -0.148. The predicted molar refractivity (Wildman–Crippen MR) is 99.3 cm³/mol. The van der Waals surface area contributed by atoms with Gasteiger partial charge in [-0.25, -0.2) is 0 Å². The van der Waals surface area contributed by atoms with E-state index in [4.69, 9.17) is 9.47 Å². The Morgan fingerprint density at radius 2 is 1.68 bits per heavy atom. The summed E-state index contributed by atoms with van der Waals surface area (Å²) in [6.07, 6.45) is 4.79. The van der Waals surface area contributed by atoms with E-state index in [2.05, 4.69) is 5.32 Å². The first kappa shape index (κ1) is 19.6. The Morgan fingerprint density at radius 1 is 1.07 bits per heavy atom. The third-order valence-corrected chi connectivity index (χ3v) is 4.88. The van der Waals surface area contributed by atoms with Crippen LogP contribution in [0.4, 0.5) is 5.69 Å². The molecule has 1 aliphatic carbocycles. The lowest BCUT2D eigenvalue weighted by Crippen LogP contribution is -2.33. The summed E-state index contributed by atoms with van der Waals surface area (Å²) in [7, 11) is 1.54. The van der Waals surface area contributed by atoms with Gasteiger partial charge in [-0.1, -0.05) is 12.2 Å². The van der Waals surface area contributed by atoms with Crippen molar-refractivity contribution in [1.29, 1.82) is 0 Å². The monoisotopic (exact) mass is 386 g/mol. The van der Waals surface area contributed by atoms with Crippen LogP contribution in [0.25, 0.3) is 0 Å². The Kier molecular flexibility index (Phi) is 6.08. The maximum atomic E-state index is 12.3. The predicted octanol–water partition coefficient (Wildman–Crippen LogP) is 1.52. The molecule has 148 valence electrons. The van der Waals surface area contributed by atoms with Crippen molar-refractivity contribution in [2.75, 3.05) is 25.6 Å². The number of nitrogens with zero attached hydrogens (tertiary/aromatic N) is 1. The number of carbonyl (C=O) groups is 4. The van der Waals surface area contributed by atoms with E-state index < -0.39 is 18.5 Å². The van der Waals surface area contributed by atoms with Crippen LogP contribution in [0.1, 0.15) is 19.3 Å². The summed E-state index contributed by atoms with van der Waals surface area (Å²) < 4.78 is 9.96. The van der Waals surface area contributed by atoms with Crippen LogP contribution in [0.15, 0.2) is 36.4 Å². The highest BCUT2D eigenvalue weighted by Gasteiger charge is 2.46. The molecule has 1 saturated heterocycles. The summed E-state index contributed by atoms with van der Waals surface area (Å²) in [6.45, 7) is -0.467. The maximum Gasteiger partial charge on any atom is 0.308 e. The number of ether oxygens (including phenoxy) is 2. The van der Waals surface area contributed by atoms with Gasteiger partial charge in [0.15, 0.2) is 6.61 Å². The quantitative estimate of drug-likeness (QED) is 0.433. The number of nitrogens with one attached hydrogen (secondary N) is 1. The Hall–Kier alpha value is -3.16. The van der Waals surface area contributed by atoms with Gasteiger partial charge in [0.1, 0.15) is 5.75 Å². The minimum Gasteiger partial charge on any atom is -0.497 e. The number of hydrogen-bond donors (Lipinski definition) is 1. The molecule has 1 aromatic rings. The fourth-order valence-electron chi connectivity index (χ4n) is 3.38. The Bertz CT molecular complexity index is 775. The van der Waals surface area contributed by atoms with Crippen LogP contribution >= 0.6 is 0 Å². The summed E-state index contributed by atoms with van der Waals surface area (Å²) in [5.41, 5.74) is 0.548. The largest absolute Gasteiger partial charge is 0.497 e. The molecule has 1 fully saturated rings. The number of rotatable bonds is 7. The molecular formula is C20H22N2O6. The molecule has 8 heteroatoms. The zero-order chi connectivity index (χ0) is 20.1. The summed E-state index contributed by atoms with van der Waals surface area (Å²) in [5, 5.41) is 2.60. The number of benzene rings is 1. The highest BCUT2D eigenvalue weighted by Crippen LogP contribution is 2.34. The molecule has 1 N–H and O–H groups in total. The van der Waals surface area contributed by atoms with Crippen LogP contribution in [-0.4, -0.2) is 48.9 Å². The van der Waals surface area contributed by atoms with Gasteiger partial charge in [-0.3, -0.25) is 24.1 Å². The molecule has 1 heterocycles. The van der Waals surface area contributed by atoms with E-state index in [1.807, 2.05) is 12.2 Å². The lowest BCUT2D eigenvalue weighted by atomic mass is 9.85. The number of likely N-dealkylation sites (tertiary alicyclic amines) is 1. The molecule has 8 nitrogen and oxygen atoms in total. The average Bonchev–Trinajstić information content (AvgIpc) is 2.96. The first-order valence-corrected chi connectivity index (χ1v) is 9.09. The molecule has 0 radical (unpaired) electrons. The van der Waals surface area contributed by atoms with Crippen LogP contribution in [0, 0.1) is 11.8 Å². The van der Waals surface area contributed by atoms with E-state index in [-0.39, 0.29) is 36.6 Å². The number of allylic oxidation sites excluding steroid dienone is 2. The standard InChI is InChI=1S/C20H22N2O6/c1-27-14-8-6-13(7-9-14)21-17(23)12-28-18(24)10-11-22-19(25)15-4-2-3-5-16(15)20(22)26/h2-3,6-9,15-16H,4-5,10-12H2,1H3,(H,21,23)/t15-,16-/m0/s1. The second kappa shape index (κ2) is 8.69. The Morgan fingerprint density at radius 3 is 2.25 bits per heavy atom. The van der Waals surface area contributed by atoms with Gasteiger partial charge in [0, 0.05) is 12.2 Å². The number of amides is 3. The number of anilines is 1. The van der Waals surface area contributed by atoms with Gasteiger partial charge in [0.05, 0.1) is 25.4 Å². The second-order valence-electron chi connectivity index (χ2n) is 6.67. The van der Waals surface area contributed by atoms with Crippen LogP contribution in [0.3, 0.4) is 0 Å². The Balaban J connectivity index is 1.41. The molecule has 2 aliphatic rings. The highest BCUT2D eigenvalue weighted by atomic mass is 16.5. The van der Waals surface area contributed by atoms with E-state index in [0.717, 1.165) is 4.90 Å². The van der Waals surface area contributed by atoms with Crippen molar-refractivity contribution in [3.05, 3.63) is 36.4 Å². The van der Waals surface area contributed by atoms with Gasteiger partial charge in [-0.05, 0) is 37.1 Å². The molecule has 28 heavy (non-hydrogen) atoms. The molecule has 0 bridgehead atoms. The lowest BCUT2D eigenvalue weighted by Gasteiger charge is -2.14. The van der Waals surface area contributed by atoms with Gasteiger partial charge < -0.3 is 14.8 Å². The normalized spacial score (nSPS) is 20.7. The zero-order valence-corrected chi connectivity index (χ0v) is 15.6. The van der Waals surface area contributed by atoms with Gasteiger partial charge in [-0.15, -0.1) is 0 Å². The summed E-state index contributed by atoms with van der Waals surface area (Å²) >= 11 is 0. The van der Waals surface area contributed by atoms with E-state index in [1.165, 1.54) is 0 Å². The number of methoxy groups -OCH3 is 1. The van der Waals surface area contributed by atoms with Crippen molar-refractivity contribution in [2.45, 2.75) is 19.3 Å². The van der Waals surface area contributed by atoms with Crippen molar-refractivity contribution in [3.63, 3.8) is 0 Å². The Labute approximate surface area is 162 Å². The third kappa shape index (κ3) is 4.39. The SMILES string of the molecule is COc1ccc(NC(=O)COC(=O)CCN2C(=O)[C@H]3CC=CC[C@@H]3C2=O)cc1. The van der Waals surface area contributed by atoms with Crippen molar-refractivity contribution in [3.8, 4) is 5.75 Å². The van der Waals surface area contributed by atoms with Crippen molar-refractivity contribution in [2.24, 2.45) is 11.8 Å². The van der Waals surface area contributed by atoms with Crippen molar-refractivity contribution in [1.82, 2.24) is 4.90 Å². The molecule has 1 aliphatic heterocycles. The number of carbonyl (C=O) groups excluding carboxylic acids is 4. The molecule has 3 rings (SSSR count). The fraction of sp³-hybridized carbons (Fsp3) is 0.400. The van der Waals surface area contributed by atoms with Gasteiger partial charge >= 0.3 is 5.97 Å². The number of fused-ring (bicyclic) bond motifs is 1. The minimum atomic E-state index is -0.640. The molecule has 2 atom stereocenters. The molecule has 0 aromatic heterocycles. The summed E-state index contributed by atoms with van der Waals surface area (Å²) in [4.78, 5) is 49.5. The second-order valence-corrected chi connectivity index (χ2v) is 6.67. The molecule has 0 saturated carbocycles. The third-order valence-electron chi connectivity index (χ3n) is 4.88. The van der Waals surface area contributed by atoms with Crippen LogP contribution < -0.4 is 10.1 Å². The van der Waals surface area contributed by atoms with Crippen LogP contribution in [-0.2, 0) is 23.9 Å². The molecule has 1 aromatic carbocycles. The van der Waals surface area contributed by atoms with Gasteiger partial charge in [0.25, 0.3) is 5.91 Å². The smallest absolute Gasteiger partial charge is 0.308 e. The first-order valence-electron chi connectivity index (χ1n) is 9.09.